The number of methoxy groups -OCH3 is 1. The van der Waals surface area contributed by atoms with Gasteiger partial charge in [0.1, 0.15) is 5.75 Å². The van der Waals surface area contributed by atoms with Gasteiger partial charge in [0.15, 0.2) is 0 Å². The van der Waals surface area contributed by atoms with Crippen LogP contribution in [0.25, 0.3) is 0 Å². The molecule has 138 valence electrons. The first-order valence-electron chi connectivity index (χ1n) is 9.77. The molecule has 2 heterocycles. The predicted octanol–water partition coefficient (Wildman–Crippen LogP) is 3.31. The predicted molar refractivity (Wildman–Crippen MR) is 107 cm³/mol. The van der Waals surface area contributed by atoms with Crippen LogP contribution in [0.15, 0.2) is 48.5 Å². The number of nitrogens with zero attached hydrogens (tertiary/aromatic N) is 1. The first-order valence-corrected chi connectivity index (χ1v) is 9.77. The Balaban J connectivity index is 1.50. The molecule has 0 aliphatic carbocycles. The highest BCUT2D eigenvalue weighted by molar-refractivity contribution is 5.64. The molecule has 4 nitrogen and oxygen atoms in total. The normalized spacial score (nSPS) is 22.7. The summed E-state index contributed by atoms with van der Waals surface area (Å²) in [5.74, 6) is 1.33. The summed E-state index contributed by atoms with van der Waals surface area (Å²) >= 11 is 0. The largest absolute Gasteiger partial charge is 0.497 e. The molecule has 0 saturated carbocycles. The molecule has 0 amide bonds. The minimum Gasteiger partial charge on any atom is -0.497 e. The number of piperazine rings is 1. The zero-order valence-electron chi connectivity index (χ0n) is 15.6. The van der Waals surface area contributed by atoms with Gasteiger partial charge in [0.25, 0.3) is 0 Å². The van der Waals surface area contributed by atoms with E-state index in [2.05, 4.69) is 64.1 Å². The molecule has 0 spiro atoms. The first-order chi connectivity index (χ1) is 12.8. The summed E-state index contributed by atoms with van der Waals surface area (Å²) in [6, 6.07) is 17.8. The van der Waals surface area contributed by atoms with Crippen molar-refractivity contribution in [1.29, 1.82) is 0 Å². The average molecular weight is 351 g/mol. The van der Waals surface area contributed by atoms with Crippen LogP contribution >= 0.6 is 0 Å². The van der Waals surface area contributed by atoms with Crippen molar-refractivity contribution >= 4 is 5.69 Å². The highest BCUT2D eigenvalue weighted by Gasteiger charge is 2.33. The number of hydrogen-bond acceptors (Lipinski definition) is 4. The lowest BCUT2D eigenvalue weighted by molar-refractivity contribution is 0.235. The smallest absolute Gasteiger partial charge is 0.119 e. The summed E-state index contributed by atoms with van der Waals surface area (Å²) in [5.41, 5.74) is 4.01. The Morgan fingerprint density at radius 3 is 2.65 bits per heavy atom. The van der Waals surface area contributed by atoms with E-state index in [0.29, 0.717) is 12.0 Å². The third-order valence-corrected chi connectivity index (χ3v) is 5.69. The van der Waals surface area contributed by atoms with E-state index in [-0.39, 0.29) is 0 Å². The summed E-state index contributed by atoms with van der Waals surface area (Å²) in [6.45, 7) is 5.80. The van der Waals surface area contributed by atoms with E-state index >= 15 is 0 Å². The molecule has 1 fully saturated rings. The standard InChI is InChI=1S/C22H29N3O/c1-26-18-9-10-20-19(16-18)22(17-6-3-2-4-7-17)21(24-20)8-5-13-25-14-11-23-12-15-25/h2-4,6-7,9-10,16,21-24H,5,8,11-15H2,1H3. The van der Waals surface area contributed by atoms with Crippen LogP contribution < -0.4 is 15.4 Å². The maximum atomic E-state index is 5.48. The number of ether oxygens (including phenoxy) is 1. The highest BCUT2D eigenvalue weighted by Crippen LogP contribution is 2.43. The summed E-state index contributed by atoms with van der Waals surface area (Å²) in [5, 5.41) is 7.22. The van der Waals surface area contributed by atoms with Crippen LogP contribution in [0.4, 0.5) is 5.69 Å². The van der Waals surface area contributed by atoms with Gasteiger partial charge in [0, 0.05) is 43.8 Å². The van der Waals surface area contributed by atoms with Crippen LogP contribution in [0.1, 0.15) is 29.9 Å². The zero-order valence-corrected chi connectivity index (χ0v) is 15.6. The van der Waals surface area contributed by atoms with Crippen molar-refractivity contribution < 1.29 is 4.74 Å². The number of rotatable bonds is 6. The maximum absolute atomic E-state index is 5.48. The van der Waals surface area contributed by atoms with Crippen molar-refractivity contribution in [3.05, 3.63) is 59.7 Å². The Kier molecular flexibility index (Phi) is 5.42. The number of nitrogens with one attached hydrogen (secondary N) is 2. The topological polar surface area (TPSA) is 36.5 Å². The summed E-state index contributed by atoms with van der Waals surface area (Å²) in [7, 11) is 1.74. The van der Waals surface area contributed by atoms with E-state index in [1.807, 2.05) is 0 Å². The quantitative estimate of drug-likeness (QED) is 0.837. The van der Waals surface area contributed by atoms with Gasteiger partial charge in [0.2, 0.25) is 0 Å². The number of benzene rings is 2. The van der Waals surface area contributed by atoms with Crippen molar-refractivity contribution in [1.82, 2.24) is 10.2 Å². The molecule has 4 rings (SSSR count). The molecule has 0 bridgehead atoms. The Labute approximate surface area is 156 Å². The van der Waals surface area contributed by atoms with Gasteiger partial charge in [-0.15, -0.1) is 0 Å². The van der Waals surface area contributed by atoms with Crippen molar-refractivity contribution in [3.63, 3.8) is 0 Å². The van der Waals surface area contributed by atoms with Crippen LogP contribution in [0.3, 0.4) is 0 Å². The Bertz CT molecular complexity index is 713. The van der Waals surface area contributed by atoms with E-state index in [9.17, 15) is 0 Å². The van der Waals surface area contributed by atoms with Gasteiger partial charge < -0.3 is 20.3 Å². The number of hydrogen-bond donors (Lipinski definition) is 2. The molecule has 2 N–H and O–H groups in total. The molecule has 2 aromatic carbocycles. The molecule has 26 heavy (non-hydrogen) atoms. The van der Waals surface area contributed by atoms with Crippen LogP contribution in [0.2, 0.25) is 0 Å². The monoisotopic (exact) mass is 351 g/mol. The molecule has 2 aromatic rings. The summed E-state index contributed by atoms with van der Waals surface area (Å²) < 4.78 is 5.48. The van der Waals surface area contributed by atoms with E-state index < -0.39 is 0 Å². The number of anilines is 1. The second-order valence-corrected chi connectivity index (χ2v) is 7.33. The van der Waals surface area contributed by atoms with Crippen molar-refractivity contribution in [3.8, 4) is 5.75 Å². The van der Waals surface area contributed by atoms with E-state index in [4.69, 9.17) is 4.74 Å². The van der Waals surface area contributed by atoms with Gasteiger partial charge in [0.05, 0.1) is 7.11 Å². The van der Waals surface area contributed by atoms with Crippen molar-refractivity contribution in [2.75, 3.05) is 45.2 Å². The molecule has 0 radical (unpaired) electrons. The fourth-order valence-electron chi connectivity index (χ4n) is 4.34. The van der Waals surface area contributed by atoms with Crippen molar-refractivity contribution in [2.24, 2.45) is 0 Å². The van der Waals surface area contributed by atoms with E-state index in [1.54, 1.807) is 7.11 Å². The fourth-order valence-corrected chi connectivity index (χ4v) is 4.34. The Morgan fingerprint density at radius 1 is 1.08 bits per heavy atom. The van der Waals surface area contributed by atoms with E-state index in [0.717, 1.165) is 18.8 Å². The molecule has 2 aliphatic rings. The molecule has 4 heteroatoms. The molecule has 1 saturated heterocycles. The fraction of sp³-hybridized carbons (Fsp3) is 0.455. The van der Waals surface area contributed by atoms with Gasteiger partial charge in [-0.1, -0.05) is 30.3 Å². The van der Waals surface area contributed by atoms with E-state index in [1.165, 1.54) is 49.3 Å². The van der Waals surface area contributed by atoms with Crippen LogP contribution in [-0.2, 0) is 0 Å². The SMILES string of the molecule is COc1ccc2c(c1)C(c1ccccc1)C(CCCN1CCNCC1)N2. The molecular formula is C22H29N3O. The van der Waals surface area contributed by atoms with Gasteiger partial charge in [-0.3, -0.25) is 0 Å². The minimum absolute atomic E-state index is 0.393. The lowest BCUT2D eigenvalue weighted by Crippen LogP contribution is -2.43. The van der Waals surface area contributed by atoms with Gasteiger partial charge >= 0.3 is 0 Å². The summed E-state index contributed by atoms with van der Waals surface area (Å²) in [4.78, 5) is 2.58. The first kappa shape index (κ1) is 17.4. The van der Waals surface area contributed by atoms with Crippen LogP contribution in [0.5, 0.6) is 5.75 Å². The second kappa shape index (κ2) is 8.11. The third kappa shape index (κ3) is 3.71. The lowest BCUT2D eigenvalue weighted by Gasteiger charge is -2.28. The molecule has 2 aliphatic heterocycles. The van der Waals surface area contributed by atoms with Gasteiger partial charge in [-0.2, -0.15) is 0 Å². The third-order valence-electron chi connectivity index (χ3n) is 5.69. The molecule has 2 unspecified atom stereocenters. The average Bonchev–Trinajstić information content (AvgIpc) is 3.06. The Morgan fingerprint density at radius 2 is 1.88 bits per heavy atom. The summed E-state index contributed by atoms with van der Waals surface area (Å²) in [6.07, 6.45) is 2.41. The lowest BCUT2D eigenvalue weighted by atomic mass is 9.86. The van der Waals surface area contributed by atoms with Crippen LogP contribution in [0, 0.1) is 0 Å². The highest BCUT2D eigenvalue weighted by atomic mass is 16.5. The molecular weight excluding hydrogens is 322 g/mol. The van der Waals surface area contributed by atoms with Crippen molar-refractivity contribution in [2.45, 2.75) is 24.8 Å². The van der Waals surface area contributed by atoms with Crippen LogP contribution in [-0.4, -0.2) is 50.8 Å². The zero-order chi connectivity index (χ0) is 17.8. The minimum atomic E-state index is 0.393. The Hall–Kier alpha value is -2.04. The molecule has 0 aromatic heterocycles. The maximum Gasteiger partial charge on any atom is 0.119 e. The number of fused-ring (bicyclic) bond motifs is 1. The van der Waals surface area contributed by atoms with Gasteiger partial charge in [-0.05, 0) is 48.7 Å². The second-order valence-electron chi connectivity index (χ2n) is 7.33. The van der Waals surface area contributed by atoms with Gasteiger partial charge in [-0.25, -0.2) is 0 Å². The molecule has 2 atom stereocenters.